The summed E-state index contributed by atoms with van der Waals surface area (Å²) in [6.07, 6.45) is 0. The van der Waals surface area contributed by atoms with E-state index in [-0.39, 0.29) is 5.56 Å². The number of carboxylic acid groups (broad SMARTS) is 1. The highest BCUT2D eigenvalue weighted by molar-refractivity contribution is 6.31. The number of H-pyrrole nitrogens is 1. The number of hydrogen-bond donors (Lipinski definition) is 3. The highest BCUT2D eigenvalue weighted by Crippen LogP contribution is 2.20. The van der Waals surface area contributed by atoms with Crippen molar-refractivity contribution < 1.29 is 19.1 Å². The SMILES string of the molecule is C[C@H](NC(=O)c1ccc(C(=O)O)c(F)c1)c1nc2ccc(Cl)cc2[nH]1. The smallest absolute Gasteiger partial charge is 0.338 e. The van der Waals surface area contributed by atoms with Crippen LogP contribution in [0.25, 0.3) is 11.0 Å². The van der Waals surface area contributed by atoms with Crippen molar-refractivity contribution in [2.75, 3.05) is 0 Å². The van der Waals surface area contributed by atoms with Crippen LogP contribution in [0, 0.1) is 5.82 Å². The summed E-state index contributed by atoms with van der Waals surface area (Å²) in [6.45, 7) is 1.72. The summed E-state index contributed by atoms with van der Waals surface area (Å²) in [4.78, 5) is 30.5. The number of rotatable bonds is 4. The van der Waals surface area contributed by atoms with Gasteiger partial charge < -0.3 is 15.4 Å². The lowest BCUT2D eigenvalue weighted by atomic mass is 10.1. The maximum atomic E-state index is 13.7. The Morgan fingerprint density at radius 1 is 1.28 bits per heavy atom. The van der Waals surface area contributed by atoms with Crippen molar-refractivity contribution in [3.05, 3.63) is 64.2 Å². The molecule has 0 aliphatic rings. The maximum absolute atomic E-state index is 13.7. The number of halogens is 2. The number of hydrogen-bond acceptors (Lipinski definition) is 3. The second-order valence-corrected chi connectivity index (χ2v) is 5.91. The van der Waals surface area contributed by atoms with Gasteiger partial charge in [-0.05, 0) is 43.3 Å². The number of amides is 1. The fraction of sp³-hybridized carbons (Fsp3) is 0.118. The zero-order valence-electron chi connectivity index (χ0n) is 13.0. The van der Waals surface area contributed by atoms with E-state index in [1.54, 1.807) is 25.1 Å². The first kappa shape index (κ1) is 16.9. The topological polar surface area (TPSA) is 95.1 Å². The summed E-state index contributed by atoms with van der Waals surface area (Å²) in [7, 11) is 0. The van der Waals surface area contributed by atoms with E-state index in [9.17, 15) is 14.0 Å². The molecule has 3 rings (SSSR count). The number of benzene rings is 2. The average molecular weight is 362 g/mol. The Labute approximate surface area is 146 Å². The Morgan fingerprint density at radius 2 is 2.04 bits per heavy atom. The van der Waals surface area contributed by atoms with E-state index in [0.29, 0.717) is 16.4 Å². The number of carbonyl (C=O) groups excluding carboxylic acids is 1. The predicted octanol–water partition coefficient (Wildman–Crippen LogP) is 3.54. The first-order chi connectivity index (χ1) is 11.8. The summed E-state index contributed by atoms with van der Waals surface area (Å²) in [5.74, 6) is -2.37. The first-order valence-corrected chi connectivity index (χ1v) is 7.72. The molecule has 0 spiro atoms. The molecule has 1 atom stereocenters. The van der Waals surface area contributed by atoms with Crippen molar-refractivity contribution >= 4 is 34.5 Å². The lowest BCUT2D eigenvalue weighted by Gasteiger charge is -2.11. The van der Waals surface area contributed by atoms with Gasteiger partial charge >= 0.3 is 5.97 Å². The van der Waals surface area contributed by atoms with Crippen LogP contribution in [0.4, 0.5) is 4.39 Å². The van der Waals surface area contributed by atoms with Gasteiger partial charge in [0.15, 0.2) is 0 Å². The number of nitrogens with one attached hydrogen (secondary N) is 2. The molecule has 2 aromatic carbocycles. The van der Waals surface area contributed by atoms with Gasteiger partial charge in [-0.25, -0.2) is 14.2 Å². The molecule has 8 heteroatoms. The molecule has 0 aliphatic carbocycles. The van der Waals surface area contributed by atoms with Crippen molar-refractivity contribution in [2.24, 2.45) is 0 Å². The number of fused-ring (bicyclic) bond motifs is 1. The summed E-state index contributed by atoms with van der Waals surface area (Å²) < 4.78 is 13.7. The molecule has 0 fully saturated rings. The van der Waals surface area contributed by atoms with E-state index < -0.39 is 29.3 Å². The van der Waals surface area contributed by atoms with Crippen LogP contribution in [0.5, 0.6) is 0 Å². The molecule has 0 unspecified atom stereocenters. The number of aromatic amines is 1. The lowest BCUT2D eigenvalue weighted by Crippen LogP contribution is -2.27. The monoisotopic (exact) mass is 361 g/mol. The van der Waals surface area contributed by atoms with Crippen molar-refractivity contribution in [1.82, 2.24) is 15.3 Å². The summed E-state index contributed by atoms with van der Waals surface area (Å²) in [5.41, 5.74) is 0.977. The zero-order valence-corrected chi connectivity index (χ0v) is 13.8. The van der Waals surface area contributed by atoms with Gasteiger partial charge in [0.2, 0.25) is 0 Å². The van der Waals surface area contributed by atoms with Gasteiger partial charge in [-0.3, -0.25) is 4.79 Å². The Kier molecular flexibility index (Phi) is 4.41. The van der Waals surface area contributed by atoms with Crippen LogP contribution >= 0.6 is 11.6 Å². The van der Waals surface area contributed by atoms with Crippen LogP contribution in [0.15, 0.2) is 36.4 Å². The molecule has 0 radical (unpaired) electrons. The van der Waals surface area contributed by atoms with E-state index in [1.165, 1.54) is 6.07 Å². The van der Waals surface area contributed by atoms with Crippen LogP contribution < -0.4 is 5.32 Å². The van der Waals surface area contributed by atoms with Crippen molar-refractivity contribution in [2.45, 2.75) is 13.0 Å². The molecule has 1 amide bonds. The molecule has 3 aromatic rings. The van der Waals surface area contributed by atoms with Crippen molar-refractivity contribution in [3.8, 4) is 0 Å². The highest BCUT2D eigenvalue weighted by Gasteiger charge is 2.17. The van der Waals surface area contributed by atoms with Gasteiger partial charge in [0.05, 0.1) is 22.6 Å². The number of aromatic nitrogens is 2. The van der Waals surface area contributed by atoms with Gasteiger partial charge in [0.1, 0.15) is 11.6 Å². The minimum atomic E-state index is -1.39. The van der Waals surface area contributed by atoms with E-state index in [2.05, 4.69) is 15.3 Å². The van der Waals surface area contributed by atoms with Crippen molar-refractivity contribution in [3.63, 3.8) is 0 Å². The van der Waals surface area contributed by atoms with Crippen LogP contribution in [-0.4, -0.2) is 27.0 Å². The third-order valence-electron chi connectivity index (χ3n) is 3.68. The average Bonchev–Trinajstić information content (AvgIpc) is 2.97. The molecule has 6 nitrogen and oxygen atoms in total. The Bertz CT molecular complexity index is 986. The Balaban J connectivity index is 1.79. The van der Waals surface area contributed by atoms with Gasteiger partial charge in [-0.1, -0.05) is 11.6 Å². The summed E-state index contributed by atoms with van der Waals surface area (Å²) >= 11 is 5.93. The Morgan fingerprint density at radius 3 is 2.72 bits per heavy atom. The first-order valence-electron chi connectivity index (χ1n) is 7.34. The van der Waals surface area contributed by atoms with Gasteiger partial charge in [-0.2, -0.15) is 0 Å². The number of carbonyl (C=O) groups is 2. The largest absolute Gasteiger partial charge is 0.478 e. The molecule has 128 valence electrons. The quantitative estimate of drug-likeness (QED) is 0.662. The molecule has 1 heterocycles. The number of imidazole rings is 1. The summed E-state index contributed by atoms with van der Waals surface area (Å²) in [6, 6.07) is 7.93. The van der Waals surface area contributed by atoms with E-state index in [0.717, 1.165) is 17.6 Å². The second-order valence-electron chi connectivity index (χ2n) is 5.48. The standard InChI is InChI=1S/C17H13ClFN3O3/c1-8(15-21-13-5-3-10(18)7-14(13)22-15)20-16(23)9-2-4-11(17(24)25)12(19)6-9/h2-8H,1H3,(H,20,23)(H,21,22)(H,24,25)/t8-/m0/s1. The number of carboxylic acids is 1. The fourth-order valence-corrected chi connectivity index (χ4v) is 2.56. The van der Waals surface area contributed by atoms with E-state index >= 15 is 0 Å². The molecule has 25 heavy (non-hydrogen) atoms. The van der Waals surface area contributed by atoms with Gasteiger partial charge in [-0.15, -0.1) is 0 Å². The third-order valence-corrected chi connectivity index (χ3v) is 3.92. The number of aromatic carboxylic acids is 1. The molecule has 0 bridgehead atoms. The molecule has 3 N–H and O–H groups in total. The van der Waals surface area contributed by atoms with Crippen molar-refractivity contribution in [1.29, 1.82) is 0 Å². The molecule has 0 saturated carbocycles. The minimum Gasteiger partial charge on any atom is -0.478 e. The second kappa shape index (κ2) is 6.52. The Hall–Kier alpha value is -2.93. The number of nitrogens with zero attached hydrogens (tertiary/aromatic N) is 1. The fourth-order valence-electron chi connectivity index (χ4n) is 2.38. The van der Waals surface area contributed by atoms with Crippen LogP contribution in [0.2, 0.25) is 5.02 Å². The zero-order chi connectivity index (χ0) is 18.1. The van der Waals surface area contributed by atoms with Gasteiger partial charge in [0, 0.05) is 10.6 Å². The normalized spacial score (nSPS) is 12.1. The lowest BCUT2D eigenvalue weighted by molar-refractivity contribution is 0.0691. The molecule has 1 aromatic heterocycles. The van der Waals surface area contributed by atoms with E-state index in [4.69, 9.17) is 16.7 Å². The highest BCUT2D eigenvalue weighted by atomic mass is 35.5. The maximum Gasteiger partial charge on any atom is 0.338 e. The third kappa shape index (κ3) is 3.46. The predicted molar refractivity (Wildman–Crippen MR) is 90.3 cm³/mol. The van der Waals surface area contributed by atoms with Crippen LogP contribution in [-0.2, 0) is 0 Å². The molecular weight excluding hydrogens is 349 g/mol. The molecule has 0 saturated heterocycles. The molecular formula is C17H13ClFN3O3. The molecule has 0 aliphatic heterocycles. The van der Waals surface area contributed by atoms with E-state index in [1.807, 2.05) is 0 Å². The van der Waals surface area contributed by atoms with Crippen LogP contribution in [0.1, 0.15) is 39.5 Å². The minimum absolute atomic E-state index is 0.0218. The summed E-state index contributed by atoms with van der Waals surface area (Å²) in [5, 5.41) is 12.1. The van der Waals surface area contributed by atoms with Crippen LogP contribution in [0.3, 0.4) is 0 Å². The van der Waals surface area contributed by atoms with Gasteiger partial charge in [0.25, 0.3) is 5.91 Å².